The monoisotopic (exact) mass is 319 g/mol. The molecule has 1 unspecified atom stereocenters. The van der Waals surface area contributed by atoms with Gasteiger partial charge in [-0.2, -0.15) is 0 Å². The summed E-state index contributed by atoms with van der Waals surface area (Å²) >= 11 is 0. The van der Waals surface area contributed by atoms with E-state index in [-0.39, 0.29) is 18.4 Å². The van der Waals surface area contributed by atoms with Crippen LogP contribution in [0.5, 0.6) is 0 Å². The number of benzene rings is 1. The summed E-state index contributed by atoms with van der Waals surface area (Å²) in [7, 11) is 1.43. The van der Waals surface area contributed by atoms with E-state index in [9.17, 15) is 9.59 Å². The highest BCUT2D eigenvalue weighted by molar-refractivity contribution is 6.15. The fourth-order valence-electron chi connectivity index (χ4n) is 2.17. The van der Waals surface area contributed by atoms with Crippen molar-refractivity contribution in [3.63, 3.8) is 0 Å². The Balaban J connectivity index is 1.95. The largest absolute Gasteiger partial charge is 0.352 e. The minimum absolute atomic E-state index is 0.0348. The molecule has 0 saturated heterocycles. The second-order valence-electron chi connectivity index (χ2n) is 5.80. The highest BCUT2D eigenvalue weighted by Gasteiger charge is 2.32. The SMILES string of the molecule is COC(CN1C(=O)C=C(C)C1=O)OOC(C)(C)c1ccccc1. The molecule has 1 aliphatic heterocycles. The van der Waals surface area contributed by atoms with Crippen LogP contribution in [0.15, 0.2) is 42.0 Å². The molecule has 0 spiro atoms. The first-order valence-electron chi connectivity index (χ1n) is 7.32. The predicted octanol–water partition coefficient (Wildman–Crippen LogP) is 2.16. The summed E-state index contributed by atoms with van der Waals surface area (Å²) in [6, 6.07) is 9.57. The van der Waals surface area contributed by atoms with Gasteiger partial charge in [0.25, 0.3) is 11.8 Å². The van der Waals surface area contributed by atoms with Gasteiger partial charge in [0.2, 0.25) is 6.29 Å². The van der Waals surface area contributed by atoms with Crippen LogP contribution in [0.3, 0.4) is 0 Å². The lowest BCUT2D eigenvalue weighted by atomic mass is 9.99. The number of methoxy groups -OCH3 is 1. The normalized spacial score (nSPS) is 16.7. The summed E-state index contributed by atoms with van der Waals surface area (Å²) in [4.78, 5) is 35.5. The summed E-state index contributed by atoms with van der Waals surface area (Å²) in [6.45, 7) is 5.27. The summed E-state index contributed by atoms with van der Waals surface area (Å²) < 4.78 is 5.16. The van der Waals surface area contributed by atoms with E-state index in [0.717, 1.165) is 10.5 Å². The van der Waals surface area contributed by atoms with Crippen LogP contribution in [-0.2, 0) is 29.7 Å². The van der Waals surface area contributed by atoms with Crippen molar-refractivity contribution >= 4 is 11.8 Å². The Morgan fingerprint density at radius 1 is 1.17 bits per heavy atom. The van der Waals surface area contributed by atoms with E-state index in [4.69, 9.17) is 14.5 Å². The van der Waals surface area contributed by atoms with Crippen molar-refractivity contribution in [3.05, 3.63) is 47.5 Å². The Kier molecular flexibility index (Phi) is 5.30. The zero-order valence-corrected chi connectivity index (χ0v) is 13.7. The molecule has 0 aliphatic carbocycles. The number of hydrogen-bond acceptors (Lipinski definition) is 5. The first-order valence-corrected chi connectivity index (χ1v) is 7.32. The van der Waals surface area contributed by atoms with Crippen LogP contribution in [-0.4, -0.2) is 36.7 Å². The van der Waals surface area contributed by atoms with E-state index in [1.54, 1.807) is 6.92 Å². The number of hydrogen-bond donors (Lipinski definition) is 0. The standard InChI is InChI=1S/C17H21NO5/c1-12-10-14(19)18(16(12)20)11-15(21-4)22-23-17(2,3)13-8-6-5-7-9-13/h5-10,15H,11H2,1-4H3. The highest BCUT2D eigenvalue weighted by atomic mass is 17.2. The van der Waals surface area contributed by atoms with Crippen LogP contribution < -0.4 is 0 Å². The number of carbonyl (C=O) groups is 2. The van der Waals surface area contributed by atoms with Crippen LogP contribution in [0.25, 0.3) is 0 Å². The fraction of sp³-hybridized carbons (Fsp3) is 0.412. The molecule has 0 bridgehead atoms. The number of rotatable bonds is 7. The van der Waals surface area contributed by atoms with Crippen molar-refractivity contribution < 1.29 is 24.1 Å². The number of carbonyl (C=O) groups excluding carboxylic acids is 2. The third-order valence-electron chi connectivity index (χ3n) is 3.62. The van der Waals surface area contributed by atoms with Crippen molar-refractivity contribution in [1.29, 1.82) is 0 Å². The maximum Gasteiger partial charge on any atom is 0.256 e. The van der Waals surface area contributed by atoms with Gasteiger partial charge < -0.3 is 4.74 Å². The molecular formula is C17H21NO5. The number of ether oxygens (including phenoxy) is 1. The van der Waals surface area contributed by atoms with Gasteiger partial charge in [-0.1, -0.05) is 30.3 Å². The third kappa shape index (κ3) is 4.04. The molecule has 6 heteroatoms. The van der Waals surface area contributed by atoms with Crippen molar-refractivity contribution in [2.24, 2.45) is 0 Å². The minimum atomic E-state index is -0.870. The Morgan fingerprint density at radius 2 is 1.83 bits per heavy atom. The van der Waals surface area contributed by atoms with Crippen molar-refractivity contribution in [3.8, 4) is 0 Å². The van der Waals surface area contributed by atoms with Crippen LogP contribution in [0.1, 0.15) is 26.3 Å². The summed E-state index contributed by atoms with van der Waals surface area (Å²) in [5, 5.41) is 0. The van der Waals surface area contributed by atoms with Gasteiger partial charge in [-0.3, -0.25) is 14.5 Å². The molecule has 0 fully saturated rings. The molecule has 1 aromatic rings. The van der Waals surface area contributed by atoms with Crippen LogP contribution >= 0.6 is 0 Å². The quantitative estimate of drug-likeness (QED) is 0.333. The molecule has 23 heavy (non-hydrogen) atoms. The van der Waals surface area contributed by atoms with Crippen LogP contribution in [0, 0.1) is 0 Å². The van der Waals surface area contributed by atoms with Gasteiger partial charge in [0.1, 0.15) is 5.60 Å². The van der Waals surface area contributed by atoms with Gasteiger partial charge in [0.05, 0.1) is 6.54 Å². The molecular weight excluding hydrogens is 298 g/mol. The summed E-state index contributed by atoms with van der Waals surface area (Å²) in [5.41, 5.74) is 0.627. The predicted molar refractivity (Wildman–Crippen MR) is 82.9 cm³/mol. The lowest BCUT2D eigenvalue weighted by Gasteiger charge is -2.28. The van der Waals surface area contributed by atoms with Gasteiger partial charge in [-0.25, -0.2) is 9.78 Å². The number of imide groups is 1. The number of amides is 2. The second kappa shape index (κ2) is 7.04. The molecule has 124 valence electrons. The molecule has 2 amide bonds. The summed E-state index contributed by atoms with van der Waals surface area (Å²) in [6.07, 6.45) is 0.425. The van der Waals surface area contributed by atoms with Gasteiger partial charge in [-0.15, -0.1) is 0 Å². The van der Waals surface area contributed by atoms with E-state index in [1.165, 1.54) is 13.2 Å². The molecule has 0 N–H and O–H groups in total. The topological polar surface area (TPSA) is 65.1 Å². The summed E-state index contributed by atoms with van der Waals surface area (Å²) in [5.74, 6) is -0.719. The Hall–Kier alpha value is -2.02. The van der Waals surface area contributed by atoms with Gasteiger partial charge in [0, 0.05) is 18.8 Å². The lowest BCUT2D eigenvalue weighted by molar-refractivity contribution is -0.420. The van der Waals surface area contributed by atoms with Gasteiger partial charge in [-0.05, 0) is 26.3 Å². The zero-order chi connectivity index (χ0) is 17.0. The van der Waals surface area contributed by atoms with Crippen LogP contribution in [0.4, 0.5) is 0 Å². The molecule has 1 atom stereocenters. The average molecular weight is 319 g/mol. The van der Waals surface area contributed by atoms with Crippen LogP contribution in [0.2, 0.25) is 0 Å². The Labute approximate surface area is 135 Å². The molecule has 2 rings (SSSR count). The minimum Gasteiger partial charge on any atom is -0.352 e. The molecule has 1 aliphatic rings. The average Bonchev–Trinajstić information content (AvgIpc) is 2.78. The van der Waals surface area contributed by atoms with Crippen molar-refractivity contribution in [1.82, 2.24) is 4.90 Å². The first-order chi connectivity index (χ1) is 10.8. The third-order valence-corrected chi connectivity index (χ3v) is 3.62. The smallest absolute Gasteiger partial charge is 0.256 e. The van der Waals surface area contributed by atoms with Crippen molar-refractivity contribution in [2.45, 2.75) is 32.7 Å². The van der Waals surface area contributed by atoms with E-state index >= 15 is 0 Å². The van der Waals surface area contributed by atoms with E-state index in [2.05, 4.69) is 0 Å². The lowest BCUT2D eigenvalue weighted by Crippen LogP contribution is -2.40. The van der Waals surface area contributed by atoms with Gasteiger partial charge >= 0.3 is 0 Å². The van der Waals surface area contributed by atoms with Gasteiger partial charge in [0.15, 0.2) is 0 Å². The van der Waals surface area contributed by atoms with E-state index < -0.39 is 11.9 Å². The second-order valence-corrected chi connectivity index (χ2v) is 5.80. The molecule has 0 saturated carbocycles. The van der Waals surface area contributed by atoms with Crippen molar-refractivity contribution in [2.75, 3.05) is 13.7 Å². The Morgan fingerprint density at radius 3 is 2.35 bits per heavy atom. The molecule has 0 radical (unpaired) electrons. The molecule has 0 aromatic heterocycles. The fourth-order valence-corrected chi connectivity index (χ4v) is 2.17. The zero-order valence-electron chi connectivity index (χ0n) is 13.7. The maximum atomic E-state index is 11.9. The van der Waals surface area contributed by atoms with E-state index in [0.29, 0.717) is 5.57 Å². The molecule has 6 nitrogen and oxygen atoms in total. The first kappa shape index (κ1) is 17.3. The molecule has 1 aromatic carbocycles. The Bertz CT molecular complexity index is 609. The number of nitrogens with zero attached hydrogens (tertiary/aromatic N) is 1. The van der Waals surface area contributed by atoms with E-state index in [1.807, 2.05) is 44.2 Å². The highest BCUT2D eigenvalue weighted by Crippen LogP contribution is 2.25. The maximum absolute atomic E-state index is 11.9. The molecule has 1 heterocycles.